The number of anilines is 1. The van der Waals surface area contributed by atoms with Gasteiger partial charge in [-0.2, -0.15) is 5.10 Å². The molecule has 1 fully saturated rings. The number of carbonyl (C=O) groups excluding carboxylic acids is 1. The molecule has 0 radical (unpaired) electrons. The van der Waals surface area contributed by atoms with Crippen LogP contribution in [0.1, 0.15) is 37.4 Å². The first kappa shape index (κ1) is 13.3. The molecule has 2 aromatic heterocycles. The fraction of sp³-hybridized carbons (Fsp3) is 0.500. The summed E-state index contributed by atoms with van der Waals surface area (Å²) >= 11 is 1.29. The van der Waals surface area contributed by atoms with E-state index >= 15 is 0 Å². The quantitative estimate of drug-likeness (QED) is 0.890. The molecule has 2 aromatic rings. The third kappa shape index (κ3) is 1.64. The molecule has 3 rings (SSSR count). The predicted octanol–water partition coefficient (Wildman–Crippen LogP) is 2.44. The van der Waals surface area contributed by atoms with Crippen LogP contribution < -0.4 is 11.1 Å². The number of carbonyl (C=O) groups is 1. The fourth-order valence-corrected chi connectivity index (χ4v) is 3.74. The van der Waals surface area contributed by atoms with Gasteiger partial charge in [0.25, 0.3) is 5.91 Å². The number of hydrogen-bond acceptors (Lipinski definition) is 5. The van der Waals surface area contributed by atoms with Crippen LogP contribution in [0.4, 0.5) is 5.69 Å². The minimum absolute atomic E-state index is 0.105. The SMILES string of the molecule is CC1(C)C(NC(=O)c2sc3nnccc3c2N)C1(C)C. The van der Waals surface area contributed by atoms with Crippen molar-refractivity contribution in [2.24, 2.45) is 10.8 Å². The van der Waals surface area contributed by atoms with Crippen molar-refractivity contribution in [2.45, 2.75) is 33.7 Å². The Morgan fingerprint density at radius 3 is 2.55 bits per heavy atom. The van der Waals surface area contributed by atoms with Gasteiger partial charge in [-0.15, -0.1) is 16.4 Å². The number of thiophene rings is 1. The molecule has 0 bridgehead atoms. The van der Waals surface area contributed by atoms with Crippen LogP contribution in [0.5, 0.6) is 0 Å². The molecule has 1 aliphatic carbocycles. The molecule has 3 N–H and O–H groups in total. The maximum atomic E-state index is 12.4. The number of nitrogens with two attached hydrogens (primary N) is 1. The van der Waals surface area contributed by atoms with Crippen LogP contribution in [-0.4, -0.2) is 22.1 Å². The highest BCUT2D eigenvalue weighted by molar-refractivity contribution is 7.21. The van der Waals surface area contributed by atoms with Crippen LogP contribution in [0.3, 0.4) is 0 Å². The molecule has 6 heteroatoms. The van der Waals surface area contributed by atoms with E-state index in [0.717, 1.165) is 5.39 Å². The van der Waals surface area contributed by atoms with Gasteiger partial charge in [-0.1, -0.05) is 27.7 Å². The van der Waals surface area contributed by atoms with E-state index in [-0.39, 0.29) is 22.8 Å². The van der Waals surface area contributed by atoms with E-state index in [2.05, 4.69) is 43.2 Å². The summed E-state index contributed by atoms with van der Waals surface area (Å²) < 4.78 is 0. The van der Waals surface area contributed by atoms with Gasteiger partial charge in [-0.05, 0) is 16.9 Å². The van der Waals surface area contributed by atoms with Crippen molar-refractivity contribution in [3.8, 4) is 0 Å². The van der Waals surface area contributed by atoms with Crippen LogP contribution in [-0.2, 0) is 0 Å². The molecular formula is C14H18N4OS. The molecule has 0 atom stereocenters. The number of nitrogen functional groups attached to an aromatic ring is 1. The van der Waals surface area contributed by atoms with Gasteiger partial charge in [0, 0.05) is 11.4 Å². The van der Waals surface area contributed by atoms with E-state index in [4.69, 9.17) is 5.73 Å². The Morgan fingerprint density at radius 1 is 1.35 bits per heavy atom. The highest BCUT2D eigenvalue weighted by Crippen LogP contribution is 2.62. The van der Waals surface area contributed by atoms with E-state index in [1.54, 1.807) is 12.3 Å². The maximum absolute atomic E-state index is 12.4. The summed E-state index contributed by atoms with van der Waals surface area (Å²) in [6, 6.07) is 1.95. The first-order valence-corrected chi connectivity index (χ1v) is 7.39. The lowest BCUT2D eigenvalue weighted by molar-refractivity contribution is 0.0948. The summed E-state index contributed by atoms with van der Waals surface area (Å²) in [6.07, 6.45) is 1.58. The third-order valence-corrected chi connectivity index (χ3v) is 6.03. The number of fused-ring (bicyclic) bond motifs is 1. The molecule has 0 unspecified atom stereocenters. The molecule has 5 nitrogen and oxygen atoms in total. The Kier molecular flexibility index (Phi) is 2.60. The Hall–Kier alpha value is -1.69. The second-order valence-corrected chi connectivity index (χ2v) is 7.44. The summed E-state index contributed by atoms with van der Waals surface area (Å²) in [5.74, 6) is -0.117. The van der Waals surface area contributed by atoms with Crippen molar-refractivity contribution in [1.82, 2.24) is 15.5 Å². The largest absolute Gasteiger partial charge is 0.397 e. The molecular weight excluding hydrogens is 272 g/mol. The zero-order valence-electron chi connectivity index (χ0n) is 12.0. The first-order valence-electron chi connectivity index (χ1n) is 6.57. The topological polar surface area (TPSA) is 80.9 Å². The van der Waals surface area contributed by atoms with Crippen molar-refractivity contribution in [2.75, 3.05) is 5.73 Å². The van der Waals surface area contributed by atoms with Gasteiger partial charge < -0.3 is 11.1 Å². The van der Waals surface area contributed by atoms with Crippen molar-refractivity contribution < 1.29 is 4.79 Å². The minimum Gasteiger partial charge on any atom is -0.397 e. The number of aromatic nitrogens is 2. The Bertz CT molecular complexity index is 690. The second kappa shape index (κ2) is 3.91. The van der Waals surface area contributed by atoms with Gasteiger partial charge in [-0.3, -0.25) is 4.79 Å². The van der Waals surface area contributed by atoms with Crippen molar-refractivity contribution >= 4 is 33.1 Å². The average Bonchev–Trinajstić information content (AvgIpc) is 2.70. The number of nitrogens with one attached hydrogen (secondary N) is 1. The normalized spacial score (nSPS) is 20.0. The number of amides is 1. The Morgan fingerprint density at radius 2 is 2.00 bits per heavy atom. The molecule has 0 spiro atoms. The summed E-state index contributed by atoms with van der Waals surface area (Å²) in [7, 11) is 0. The van der Waals surface area contributed by atoms with Gasteiger partial charge in [0.2, 0.25) is 0 Å². The number of rotatable bonds is 2. The van der Waals surface area contributed by atoms with Crippen LogP contribution in [0.2, 0.25) is 0 Å². The number of nitrogens with zero attached hydrogens (tertiary/aromatic N) is 2. The average molecular weight is 290 g/mol. The smallest absolute Gasteiger partial charge is 0.263 e. The van der Waals surface area contributed by atoms with Crippen LogP contribution in [0.25, 0.3) is 10.2 Å². The molecule has 1 aliphatic rings. The molecule has 20 heavy (non-hydrogen) atoms. The monoisotopic (exact) mass is 290 g/mol. The van der Waals surface area contributed by atoms with Crippen LogP contribution in [0, 0.1) is 10.8 Å². The van der Waals surface area contributed by atoms with E-state index in [1.807, 2.05) is 0 Å². The fourth-order valence-electron chi connectivity index (χ4n) is 2.80. The summed E-state index contributed by atoms with van der Waals surface area (Å²) in [6.45, 7) is 8.66. The van der Waals surface area contributed by atoms with Gasteiger partial charge >= 0.3 is 0 Å². The van der Waals surface area contributed by atoms with Crippen molar-refractivity contribution in [3.05, 3.63) is 17.1 Å². The van der Waals surface area contributed by atoms with Gasteiger partial charge in [0.15, 0.2) is 0 Å². The third-order valence-electron chi connectivity index (χ3n) is 4.92. The summed E-state index contributed by atoms with van der Waals surface area (Å²) in [5, 5.41) is 11.7. The Labute approximate surface area is 121 Å². The zero-order valence-corrected chi connectivity index (χ0v) is 12.8. The molecule has 1 amide bonds. The molecule has 0 aromatic carbocycles. The van der Waals surface area contributed by atoms with Crippen LogP contribution in [0.15, 0.2) is 12.3 Å². The van der Waals surface area contributed by atoms with Gasteiger partial charge in [0.1, 0.15) is 9.71 Å². The lowest BCUT2D eigenvalue weighted by Crippen LogP contribution is -2.29. The standard InChI is InChI=1S/C14H18N4OS/c1-13(2)12(14(13,3)4)17-10(19)9-8(15)7-5-6-16-18-11(7)20-9/h5-6,12H,15H2,1-4H3,(H,17,19). The van der Waals surface area contributed by atoms with Gasteiger partial charge in [-0.25, -0.2) is 0 Å². The summed E-state index contributed by atoms with van der Waals surface area (Å²) in [4.78, 5) is 13.7. The molecule has 1 saturated carbocycles. The van der Waals surface area contributed by atoms with E-state index in [1.165, 1.54) is 11.3 Å². The van der Waals surface area contributed by atoms with E-state index in [0.29, 0.717) is 15.4 Å². The highest BCUT2D eigenvalue weighted by atomic mass is 32.1. The predicted molar refractivity (Wildman–Crippen MR) is 80.6 cm³/mol. The molecule has 0 aliphatic heterocycles. The maximum Gasteiger partial charge on any atom is 0.263 e. The Balaban J connectivity index is 1.89. The number of hydrogen-bond donors (Lipinski definition) is 2. The lowest BCUT2D eigenvalue weighted by Gasteiger charge is -2.05. The molecule has 0 saturated heterocycles. The second-order valence-electron chi connectivity index (χ2n) is 6.44. The first-order chi connectivity index (χ1) is 9.26. The highest BCUT2D eigenvalue weighted by Gasteiger charge is 2.65. The lowest BCUT2D eigenvalue weighted by atomic mass is 10.0. The molecule has 106 valence electrons. The van der Waals surface area contributed by atoms with Crippen molar-refractivity contribution in [1.29, 1.82) is 0 Å². The van der Waals surface area contributed by atoms with E-state index in [9.17, 15) is 4.79 Å². The van der Waals surface area contributed by atoms with Crippen molar-refractivity contribution in [3.63, 3.8) is 0 Å². The minimum atomic E-state index is -0.117. The van der Waals surface area contributed by atoms with Gasteiger partial charge in [0.05, 0.1) is 11.9 Å². The molecule has 2 heterocycles. The zero-order chi connectivity index (χ0) is 14.7. The summed E-state index contributed by atoms with van der Waals surface area (Å²) in [5.41, 5.74) is 6.76. The van der Waals surface area contributed by atoms with Crippen LogP contribution >= 0.6 is 11.3 Å². The van der Waals surface area contributed by atoms with E-state index < -0.39 is 0 Å².